The van der Waals surface area contributed by atoms with Crippen molar-refractivity contribution in [1.29, 1.82) is 0 Å². The van der Waals surface area contributed by atoms with E-state index in [9.17, 15) is 45.6 Å². The molecule has 40 heavy (non-hydrogen) atoms. The lowest BCUT2D eigenvalue weighted by atomic mass is 9.99. The van der Waals surface area contributed by atoms with Crippen molar-refractivity contribution >= 4 is 21.9 Å². The van der Waals surface area contributed by atoms with Crippen molar-refractivity contribution in [3.8, 4) is 23.0 Å². The van der Waals surface area contributed by atoms with Crippen molar-refractivity contribution in [3.05, 3.63) is 34.5 Å². The molecule has 3 aromatic rings. The average molecular weight is 568 g/mol. The lowest BCUT2D eigenvalue weighted by molar-refractivity contribution is -0.307. The molecule has 2 aliphatic rings. The number of aliphatic hydroxyl groups excluding tert-OH is 6. The Hall–Kier alpha value is -3.25. The van der Waals surface area contributed by atoms with Crippen molar-refractivity contribution in [3.63, 3.8) is 0 Å². The van der Waals surface area contributed by atoms with E-state index in [1.807, 2.05) is 0 Å². The average Bonchev–Trinajstić information content (AvgIpc) is 2.93. The van der Waals surface area contributed by atoms with Crippen LogP contribution in [0.15, 0.2) is 33.5 Å². The molecule has 15 heteroatoms. The molecule has 0 saturated carbocycles. The second kappa shape index (κ2) is 11.0. The van der Waals surface area contributed by atoms with E-state index in [2.05, 4.69) is 0 Å². The monoisotopic (exact) mass is 568 g/mol. The summed E-state index contributed by atoms with van der Waals surface area (Å²) in [6.45, 7) is -0.855. The third kappa shape index (κ3) is 4.91. The van der Waals surface area contributed by atoms with Crippen LogP contribution in [0.3, 0.4) is 0 Å². The van der Waals surface area contributed by atoms with Gasteiger partial charge in [0.05, 0.1) is 20.3 Å². The SMILES string of the molecule is COc1cc(O)c2c(=O)c3c(O[C@@H]4O[C@H](CO[C@@H]5OC[C@@H](O)[C@H](O)[C@H]5O)[C@@H](O)[C@H](O)[C@H]4O)ccc(O)c3oc2c1. The van der Waals surface area contributed by atoms with Crippen LogP contribution in [0.1, 0.15) is 0 Å². The standard InChI is InChI=1S/C25H28O15/c1-35-8-4-10(27)15-13(5-8)38-23-9(26)2-3-12(16(23)19(15)31)39-25-22(34)20(32)18(30)14(40-25)7-37-24-21(33)17(29)11(28)6-36-24/h2-5,11,14,17-18,20-22,24-30,32-34H,6-7H2,1H3/t11-,14-,17+,18-,20+,21-,22-,24+,25-/m1/s1. The summed E-state index contributed by atoms with van der Waals surface area (Å²) in [5.41, 5.74) is -1.19. The summed E-state index contributed by atoms with van der Waals surface area (Å²) in [6, 6.07) is 4.86. The molecular weight excluding hydrogens is 540 g/mol. The highest BCUT2D eigenvalue weighted by Gasteiger charge is 2.46. The van der Waals surface area contributed by atoms with E-state index < -0.39 is 78.8 Å². The Kier molecular flexibility index (Phi) is 7.75. The Morgan fingerprint density at radius 2 is 1.60 bits per heavy atom. The number of hydrogen-bond donors (Lipinski definition) is 8. The van der Waals surface area contributed by atoms with Gasteiger partial charge in [0.15, 0.2) is 17.6 Å². The van der Waals surface area contributed by atoms with E-state index in [0.717, 1.165) is 6.07 Å². The molecule has 0 radical (unpaired) electrons. The number of hydrogen-bond acceptors (Lipinski definition) is 15. The van der Waals surface area contributed by atoms with E-state index in [4.69, 9.17) is 28.1 Å². The number of aromatic hydroxyl groups is 2. The first-order valence-electron chi connectivity index (χ1n) is 12.1. The van der Waals surface area contributed by atoms with Crippen LogP contribution in [0.5, 0.6) is 23.0 Å². The van der Waals surface area contributed by atoms with Gasteiger partial charge in [-0.05, 0) is 12.1 Å². The zero-order valence-corrected chi connectivity index (χ0v) is 20.9. The minimum Gasteiger partial charge on any atom is -0.507 e. The molecule has 1 aromatic heterocycles. The van der Waals surface area contributed by atoms with Gasteiger partial charge in [-0.15, -0.1) is 0 Å². The maximum atomic E-state index is 13.4. The van der Waals surface area contributed by atoms with Gasteiger partial charge in [0.1, 0.15) is 76.3 Å². The molecule has 0 aliphatic carbocycles. The first-order chi connectivity index (χ1) is 19.0. The minimum absolute atomic E-state index is 0.0868. The first kappa shape index (κ1) is 28.3. The van der Waals surface area contributed by atoms with Crippen molar-refractivity contribution in [2.24, 2.45) is 0 Å². The molecule has 0 unspecified atom stereocenters. The van der Waals surface area contributed by atoms with E-state index in [1.54, 1.807) is 0 Å². The molecule has 8 N–H and O–H groups in total. The second-order valence-electron chi connectivity index (χ2n) is 9.45. The van der Waals surface area contributed by atoms with Crippen LogP contribution in [0, 0.1) is 0 Å². The van der Waals surface area contributed by atoms with Gasteiger partial charge in [0, 0.05) is 12.1 Å². The molecule has 3 heterocycles. The number of phenols is 2. The van der Waals surface area contributed by atoms with Crippen LogP contribution in [-0.4, -0.2) is 116 Å². The van der Waals surface area contributed by atoms with Crippen LogP contribution in [0.2, 0.25) is 0 Å². The highest BCUT2D eigenvalue weighted by atomic mass is 16.7. The summed E-state index contributed by atoms with van der Waals surface area (Å²) >= 11 is 0. The van der Waals surface area contributed by atoms with Gasteiger partial charge in [-0.2, -0.15) is 0 Å². The molecule has 218 valence electrons. The van der Waals surface area contributed by atoms with Crippen molar-refractivity contribution in [1.82, 2.24) is 0 Å². The Labute approximate surface area is 224 Å². The van der Waals surface area contributed by atoms with Gasteiger partial charge in [-0.3, -0.25) is 4.79 Å². The summed E-state index contributed by atoms with van der Waals surface area (Å²) in [7, 11) is 1.35. The largest absolute Gasteiger partial charge is 0.507 e. The van der Waals surface area contributed by atoms with Crippen molar-refractivity contribution in [2.45, 2.75) is 55.3 Å². The molecule has 9 atom stereocenters. The Morgan fingerprint density at radius 1 is 0.875 bits per heavy atom. The normalized spacial score (nSPS) is 32.8. The van der Waals surface area contributed by atoms with Crippen LogP contribution in [0.4, 0.5) is 0 Å². The second-order valence-corrected chi connectivity index (χ2v) is 9.45. The van der Waals surface area contributed by atoms with Crippen LogP contribution >= 0.6 is 0 Å². The molecule has 2 fully saturated rings. The minimum atomic E-state index is -1.83. The van der Waals surface area contributed by atoms with Gasteiger partial charge in [-0.25, -0.2) is 0 Å². The molecule has 2 aliphatic heterocycles. The van der Waals surface area contributed by atoms with Crippen LogP contribution in [0.25, 0.3) is 21.9 Å². The number of ether oxygens (including phenoxy) is 5. The molecule has 0 bridgehead atoms. The summed E-state index contributed by atoms with van der Waals surface area (Å²) in [4.78, 5) is 13.4. The predicted octanol–water partition coefficient (Wildman–Crippen LogP) is -1.99. The zero-order valence-electron chi connectivity index (χ0n) is 20.9. The number of benzene rings is 2. The quantitative estimate of drug-likeness (QED) is 0.150. The molecule has 2 saturated heterocycles. The van der Waals surface area contributed by atoms with Crippen LogP contribution < -0.4 is 14.9 Å². The van der Waals surface area contributed by atoms with E-state index in [1.165, 1.54) is 25.3 Å². The Bertz CT molecular complexity index is 1440. The third-order valence-electron chi connectivity index (χ3n) is 6.85. The summed E-state index contributed by atoms with van der Waals surface area (Å²) in [5, 5.41) is 81.1. The molecule has 2 aromatic carbocycles. The van der Waals surface area contributed by atoms with Gasteiger partial charge < -0.3 is 69.0 Å². The topological polar surface area (TPSA) is 238 Å². The van der Waals surface area contributed by atoms with Crippen LogP contribution in [-0.2, 0) is 14.2 Å². The summed E-state index contributed by atoms with van der Waals surface area (Å²) in [5.74, 6) is -0.965. The smallest absolute Gasteiger partial charge is 0.229 e. The summed E-state index contributed by atoms with van der Waals surface area (Å²) in [6.07, 6.45) is -14.3. The fourth-order valence-corrected chi connectivity index (χ4v) is 4.60. The third-order valence-corrected chi connectivity index (χ3v) is 6.85. The molecule has 5 rings (SSSR count). The predicted molar refractivity (Wildman–Crippen MR) is 131 cm³/mol. The van der Waals surface area contributed by atoms with Gasteiger partial charge in [0.25, 0.3) is 0 Å². The number of methoxy groups -OCH3 is 1. The maximum absolute atomic E-state index is 13.4. The van der Waals surface area contributed by atoms with E-state index in [-0.39, 0.29) is 40.0 Å². The Balaban J connectivity index is 1.43. The zero-order chi connectivity index (χ0) is 28.9. The van der Waals surface area contributed by atoms with Gasteiger partial charge in [0.2, 0.25) is 11.7 Å². The number of rotatable bonds is 6. The van der Waals surface area contributed by atoms with Gasteiger partial charge >= 0.3 is 0 Å². The highest BCUT2D eigenvalue weighted by molar-refractivity contribution is 5.98. The molecule has 0 spiro atoms. The van der Waals surface area contributed by atoms with Gasteiger partial charge in [-0.1, -0.05) is 0 Å². The lowest BCUT2D eigenvalue weighted by Gasteiger charge is -2.41. The van der Waals surface area contributed by atoms with Crippen molar-refractivity contribution in [2.75, 3.05) is 20.3 Å². The fourth-order valence-electron chi connectivity index (χ4n) is 4.60. The molecule has 0 amide bonds. The highest BCUT2D eigenvalue weighted by Crippen LogP contribution is 2.37. The molecular formula is C25H28O15. The van der Waals surface area contributed by atoms with Crippen molar-refractivity contribution < 1.29 is 69.0 Å². The summed E-state index contributed by atoms with van der Waals surface area (Å²) < 4.78 is 32.6. The fraction of sp³-hybridized carbons (Fsp3) is 0.480. The van der Waals surface area contributed by atoms with E-state index in [0.29, 0.717) is 0 Å². The lowest BCUT2D eigenvalue weighted by Crippen LogP contribution is -2.61. The number of aliphatic hydroxyl groups is 6. The first-order valence-corrected chi connectivity index (χ1v) is 12.1. The van der Waals surface area contributed by atoms with E-state index >= 15 is 0 Å². The number of fused-ring (bicyclic) bond motifs is 2. The maximum Gasteiger partial charge on any atom is 0.229 e. The molecule has 15 nitrogen and oxygen atoms in total. The number of phenolic OH excluding ortho intramolecular Hbond substituents is 2. The Morgan fingerprint density at radius 3 is 2.33 bits per heavy atom.